The van der Waals surface area contributed by atoms with Crippen LogP contribution in [-0.4, -0.2) is 66.1 Å². The molecule has 0 aromatic heterocycles. The monoisotopic (exact) mass is 488 g/mol. The fraction of sp³-hybridized carbons (Fsp3) is 0.560. The standard InChI is InChI=1S/C25H32N2O6S/c28-19(13-27-20(29)15-34-14-16-8-4-3-5-9-16)26-12-18-17(10-6-1-2-7-11-21(30)31)22-24-25(33-24)23(18)32-22/h1,3-6,8-9,17-18,22-25H,2,7,10-15H2,(H,26,28)(H,27,29)(H,30,31)/t17-,18+,22+,23-,24-,25+/m0/s1. The van der Waals surface area contributed by atoms with Crippen LogP contribution in [0, 0.1) is 11.8 Å². The summed E-state index contributed by atoms with van der Waals surface area (Å²) in [5, 5.41) is 14.4. The molecule has 0 radical (unpaired) electrons. The van der Waals surface area contributed by atoms with E-state index >= 15 is 0 Å². The smallest absolute Gasteiger partial charge is 0.303 e. The van der Waals surface area contributed by atoms with Gasteiger partial charge in [0.25, 0.3) is 0 Å². The highest BCUT2D eigenvalue weighted by molar-refractivity contribution is 7.99. The number of rotatable bonds is 14. The van der Waals surface area contributed by atoms with Gasteiger partial charge in [0, 0.05) is 24.6 Å². The number of thioether (sulfide) groups is 1. The number of epoxide rings is 1. The number of unbranched alkanes of at least 4 members (excludes halogenated alkanes) is 1. The number of ether oxygens (including phenoxy) is 2. The van der Waals surface area contributed by atoms with Crippen LogP contribution in [0.3, 0.4) is 0 Å². The van der Waals surface area contributed by atoms with E-state index in [0.29, 0.717) is 18.7 Å². The highest BCUT2D eigenvalue weighted by atomic mass is 32.2. The van der Waals surface area contributed by atoms with Gasteiger partial charge in [-0.25, -0.2) is 0 Å². The average molecular weight is 489 g/mol. The fourth-order valence-electron chi connectivity index (χ4n) is 4.86. The van der Waals surface area contributed by atoms with Crippen LogP contribution in [0.4, 0.5) is 0 Å². The maximum absolute atomic E-state index is 12.3. The number of carbonyl (C=O) groups is 3. The quantitative estimate of drug-likeness (QED) is 0.209. The molecule has 3 aliphatic rings. The van der Waals surface area contributed by atoms with Gasteiger partial charge in [0.15, 0.2) is 0 Å². The van der Waals surface area contributed by atoms with Gasteiger partial charge in [0.2, 0.25) is 11.8 Å². The summed E-state index contributed by atoms with van der Waals surface area (Å²) in [7, 11) is 0. The SMILES string of the molecule is O=C(O)CCCC=CC[C@H]1[C@@H](CNC(=O)CNC(=O)CSCc2ccccc2)[C@@H]2O[C@H]1[C@@H]1O[C@@H]12. The Labute approximate surface area is 203 Å². The Morgan fingerprint density at radius 3 is 2.44 bits per heavy atom. The maximum Gasteiger partial charge on any atom is 0.303 e. The first kappa shape index (κ1) is 24.8. The fourth-order valence-corrected chi connectivity index (χ4v) is 5.67. The number of carboxylic acids is 1. The normalized spacial score (nSPS) is 28.6. The molecule has 184 valence electrons. The zero-order valence-electron chi connectivity index (χ0n) is 19.1. The molecular formula is C25H32N2O6S. The highest BCUT2D eigenvalue weighted by Gasteiger charge is 2.68. The van der Waals surface area contributed by atoms with Gasteiger partial charge in [-0.3, -0.25) is 14.4 Å². The number of carboxylic acid groups (broad SMARTS) is 1. The van der Waals surface area contributed by atoms with E-state index in [2.05, 4.69) is 16.7 Å². The van der Waals surface area contributed by atoms with E-state index in [1.54, 1.807) is 0 Å². The third kappa shape index (κ3) is 6.61. The van der Waals surface area contributed by atoms with Crippen LogP contribution >= 0.6 is 11.8 Å². The second kappa shape index (κ2) is 11.9. The minimum Gasteiger partial charge on any atom is -0.481 e. The van der Waals surface area contributed by atoms with Crippen LogP contribution in [0.25, 0.3) is 0 Å². The van der Waals surface area contributed by atoms with Crippen molar-refractivity contribution in [1.29, 1.82) is 0 Å². The number of nitrogens with one attached hydrogen (secondary N) is 2. The Morgan fingerprint density at radius 2 is 1.68 bits per heavy atom. The van der Waals surface area contributed by atoms with Crippen LogP contribution in [-0.2, 0) is 29.6 Å². The van der Waals surface area contributed by atoms with E-state index in [4.69, 9.17) is 14.6 Å². The molecule has 1 aromatic rings. The van der Waals surface area contributed by atoms with Crippen molar-refractivity contribution < 1.29 is 29.0 Å². The molecule has 3 saturated heterocycles. The molecule has 0 aliphatic carbocycles. The van der Waals surface area contributed by atoms with Crippen molar-refractivity contribution in [2.45, 2.75) is 55.9 Å². The summed E-state index contributed by atoms with van der Waals surface area (Å²) in [6.45, 7) is 0.450. The molecule has 3 N–H and O–H groups in total. The summed E-state index contributed by atoms with van der Waals surface area (Å²) >= 11 is 1.52. The van der Waals surface area contributed by atoms with Gasteiger partial charge in [0.1, 0.15) is 12.2 Å². The van der Waals surface area contributed by atoms with Crippen LogP contribution in [0.2, 0.25) is 0 Å². The Morgan fingerprint density at radius 1 is 0.941 bits per heavy atom. The number of hydrogen-bond acceptors (Lipinski definition) is 6. The first-order valence-corrected chi connectivity index (χ1v) is 13.0. The lowest BCUT2D eigenvalue weighted by Gasteiger charge is -2.25. The van der Waals surface area contributed by atoms with Crippen LogP contribution in [0.15, 0.2) is 42.5 Å². The molecule has 34 heavy (non-hydrogen) atoms. The van der Waals surface area contributed by atoms with Crippen LogP contribution < -0.4 is 10.6 Å². The third-order valence-electron chi connectivity index (χ3n) is 6.58. The van der Waals surface area contributed by atoms with Crippen molar-refractivity contribution in [2.75, 3.05) is 18.8 Å². The predicted molar refractivity (Wildman–Crippen MR) is 128 cm³/mol. The maximum atomic E-state index is 12.3. The predicted octanol–water partition coefficient (Wildman–Crippen LogP) is 2.13. The molecule has 2 amide bonds. The number of allylic oxidation sites excluding steroid dienone is 2. The van der Waals surface area contributed by atoms with E-state index in [1.165, 1.54) is 11.8 Å². The largest absolute Gasteiger partial charge is 0.481 e. The Bertz CT molecular complexity index is 895. The Balaban J connectivity index is 1.14. The van der Waals surface area contributed by atoms with E-state index in [0.717, 1.165) is 24.2 Å². The van der Waals surface area contributed by atoms with Crippen molar-refractivity contribution in [2.24, 2.45) is 11.8 Å². The van der Waals surface area contributed by atoms with E-state index in [-0.39, 0.29) is 61.0 Å². The summed E-state index contributed by atoms with van der Waals surface area (Å²) in [4.78, 5) is 35.0. The zero-order chi connectivity index (χ0) is 23.9. The molecule has 4 rings (SSSR count). The minimum absolute atomic E-state index is 0.00434. The number of hydrogen-bond donors (Lipinski definition) is 3. The van der Waals surface area contributed by atoms with Gasteiger partial charge in [-0.2, -0.15) is 0 Å². The minimum atomic E-state index is -0.773. The molecule has 3 aliphatic heterocycles. The third-order valence-corrected chi connectivity index (χ3v) is 7.58. The molecule has 0 spiro atoms. The van der Waals surface area contributed by atoms with Gasteiger partial charge in [-0.15, -0.1) is 11.8 Å². The van der Waals surface area contributed by atoms with Crippen molar-refractivity contribution in [1.82, 2.24) is 10.6 Å². The molecule has 6 atom stereocenters. The van der Waals surface area contributed by atoms with Crippen LogP contribution in [0.5, 0.6) is 0 Å². The molecule has 0 unspecified atom stereocenters. The molecule has 3 heterocycles. The summed E-state index contributed by atoms with van der Waals surface area (Å²) in [5.41, 5.74) is 1.16. The van der Waals surface area contributed by atoms with E-state index < -0.39 is 5.97 Å². The average Bonchev–Trinajstić information content (AvgIpc) is 3.45. The highest BCUT2D eigenvalue weighted by Crippen LogP contribution is 2.54. The van der Waals surface area contributed by atoms with Gasteiger partial charge < -0.3 is 25.2 Å². The number of benzene rings is 1. The van der Waals surface area contributed by atoms with E-state index in [9.17, 15) is 14.4 Å². The second-order valence-corrected chi connectivity index (χ2v) is 10.00. The number of carbonyl (C=O) groups excluding carboxylic acids is 2. The van der Waals surface area contributed by atoms with Gasteiger partial charge >= 0.3 is 5.97 Å². The van der Waals surface area contributed by atoms with Crippen molar-refractivity contribution in [3.63, 3.8) is 0 Å². The second-order valence-electron chi connectivity index (χ2n) is 9.01. The first-order valence-electron chi connectivity index (χ1n) is 11.9. The van der Waals surface area contributed by atoms with Gasteiger partial charge in [0.05, 0.1) is 24.5 Å². The number of aliphatic carboxylic acids is 1. The Kier molecular flexibility index (Phi) is 8.64. The summed E-state index contributed by atoms with van der Waals surface area (Å²) < 4.78 is 11.9. The number of amides is 2. The molecule has 1 aromatic carbocycles. The van der Waals surface area contributed by atoms with Crippen molar-refractivity contribution in [3.8, 4) is 0 Å². The first-order chi connectivity index (χ1) is 16.5. The topological polar surface area (TPSA) is 117 Å². The zero-order valence-corrected chi connectivity index (χ0v) is 19.9. The summed E-state index contributed by atoms with van der Waals surface area (Å²) in [5.74, 6) is 0.352. The lowest BCUT2D eigenvalue weighted by molar-refractivity contribution is -0.137. The van der Waals surface area contributed by atoms with Crippen LogP contribution in [0.1, 0.15) is 31.2 Å². The van der Waals surface area contributed by atoms with Crippen molar-refractivity contribution >= 4 is 29.5 Å². The van der Waals surface area contributed by atoms with E-state index in [1.807, 2.05) is 36.4 Å². The number of fused-ring (bicyclic) bond motifs is 5. The summed E-state index contributed by atoms with van der Waals surface area (Å²) in [6, 6.07) is 9.95. The summed E-state index contributed by atoms with van der Waals surface area (Å²) in [6.07, 6.45) is 6.86. The lowest BCUT2D eigenvalue weighted by Crippen LogP contribution is -2.44. The molecule has 3 fully saturated rings. The van der Waals surface area contributed by atoms with Gasteiger partial charge in [-0.05, 0) is 30.7 Å². The lowest BCUT2D eigenvalue weighted by atomic mass is 9.77. The van der Waals surface area contributed by atoms with Crippen molar-refractivity contribution in [3.05, 3.63) is 48.0 Å². The van der Waals surface area contributed by atoms with Gasteiger partial charge in [-0.1, -0.05) is 42.5 Å². The molecule has 0 saturated carbocycles. The molecule has 8 nitrogen and oxygen atoms in total. The molecule has 9 heteroatoms. The molecule has 2 bridgehead atoms. The molecular weight excluding hydrogens is 456 g/mol. The Hall–Kier alpha value is -2.36.